The number of aromatic nitrogens is 4. The third kappa shape index (κ3) is 4.08. The van der Waals surface area contributed by atoms with Crippen LogP contribution in [0.5, 0.6) is 0 Å². The van der Waals surface area contributed by atoms with Gasteiger partial charge in [0.05, 0.1) is 30.5 Å². The van der Waals surface area contributed by atoms with E-state index in [9.17, 15) is 9.59 Å². The van der Waals surface area contributed by atoms with Crippen molar-refractivity contribution >= 4 is 5.91 Å². The van der Waals surface area contributed by atoms with Gasteiger partial charge in [-0.1, -0.05) is 6.92 Å². The number of hydrogen-bond acceptors (Lipinski definition) is 5. The number of carbonyl (C=O) groups excluding carboxylic acids is 1. The van der Waals surface area contributed by atoms with Gasteiger partial charge in [-0.2, -0.15) is 10.2 Å². The van der Waals surface area contributed by atoms with Gasteiger partial charge in [0.25, 0.3) is 5.56 Å². The molecular weight excluding hydrogens is 382 g/mol. The highest BCUT2D eigenvalue weighted by molar-refractivity contribution is 5.78. The molecule has 0 aromatic carbocycles. The maximum absolute atomic E-state index is 13.1. The first-order valence-electron chi connectivity index (χ1n) is 10.4. The number of amides is 1. The quantitative estimate of drug-likeness (QED) is 0.647. The smallest absolute Gasteiger partial charge is 0.267 e. The third-order valence-electron chi connectivity index (χ3n) is 5.62. The highest BCUT2D eigenvalue weighted by atomic mass is 16.3. The van der Waals surface area contributed by atoms with Crippen LogP contribution in [-0.2, 0) is 11.3 Å². The monoisotopic (exact) mass is 409 g/mol. The number of nitrogens with zero attached hydrogens (tertiary/aromatic N) is 5. The molecule has 1 aliphatic rings. The molecule has 4 heterocycles. The van der Waals surface area contributed by atoms with Crippen molar-refractivity contribution < 1.29 is 9.21 Å². The number of likely N-dealkylation sites (tertiary alicyclic amines) is 1. The fraction of sp³-hybridized carbons (Fsp3) is 0.455. The Hall–Kier alpha value is -3.16. The third-order valence-corrected chi connectivity index (χ3v) is 5.62. The summed E-state index contributed by atoms with van der Waals surface area (Å²) in [6.07, 6.45) is 3.23. The molecule has 1 amide bonds. The fourth-order valence-electron chi connectivity index (χ4n) is 4.11. The Balaban J connectivity index is 1.49. The summed E-state index contributed by atoms with van der Waals surface area (Å²) in [6.45, 7) is 7.61. The van der Waals surface area contributed by atoms with Gasteiger partial charge in [0.15, 0.2) is 5.76 Å². The van der Waals surface area contributed by atoms with Crippen molar-refractivity contribution in [2.45, 2.75) is 46.2 Å². The van der Waals surface area contributed by atoms with Crippen LogP contribution in [0.2, 0.25) is 0 Å². The zero-order valence-electron chi connectivity index (χ0n) is 17.6. The first-order valence-corrected chi connectivity index (χ1v) is 10.4. The lowest BCUT2D eigenvalue weighted by atomic mass is 10.0. The zero-order valence-corrected chi connectivity index (χ0v) is 17.6. The zero-order chi connectivity index (χ0) is 21.3. The van der Waals surface area contributed by atoms with Crippen molar-refractivity contribution in [1.82, 2.24) is 24.5 Å². The van der Waals surface area contributed by atoms with Gasteiger partial charge in [-0.25, -0.2) is 4.68 Å². The number of furan rings is 1. The van der Waals surface area contributed by atoms with Gasteiger partial charge in [0.1, 0.15) is 5.69 Å². The summed E-state index contributed by atoms with van der Waals surface area (Å²) in [5, 5.41) is 8.99. The van der Waals surface area contributed by atoms with Gasteiger partial charge in [-0.15, -0.1) is 0 Å². The van der Waals surface area contributed by atoms with E-state index in [1.165, 1.54) is 10.7 Å². The molecule has 8 nitrogen and oxygen atoms in total. The predicted octanol–water partition coefficient (Wildman–Crippen LogP) is 2.82. The molecule has 0 bridgehead atoms. The maximum Gasteiger partial charge on any atom is 0.267 e. The van der Waals surface area contributed by atoms with Crippen molar-refractivity contribution in [3.8, 4) is 11.5 Å². The van der Waals surface area contributed by atoms with Crippen LogP contribution in [0.3, 0.4) is 0 Å². The Morgan fingerprint density at radius 2 is 2.10 bits per heavy atom. The van der Waals surface area contributed by atoms with E-state index in [1.807, 2.05) is 42.5 Å². The molecule has 0 N–H and O–H groups in total. The molecule has 0 unspecified atom stereocenters. The number of hydrogen-bond donors (Lipinski definition) is 0. The van der Waals surface area contributed by atoms with E-state index in [2.05, 4.69) is 10.2 Å². The Labute approximate surface area is 175 Å². The summed E-state index contributed by atoms with van der Waals surface area (Å²) in [7, 11) is 0. The van der Waals surface area contributed by atoms with Crippen LogP contribution in [0.15, 0.2) is 45.8 Å². The van der Waals surface area contributed by atoms with Gasteiger partial charge >= 0.3 is 0 Å². The molecule has 8 heteroatoms. The van der Waals surface area contributed by atoms with E-state index in [-0.39, 0.29) is 23.4 Å². The normalized spacial score (nSPS) is 17.8. The molecule has 4 rings (SSSR count). The first-order chi connectivity index (χ1) is 14.4. The summed E-state index contributed by atoms with van der Waals surface area (Å²) < 4.78 is 8.80. The van der Waals surface area contributed by atoms with E-state index < -0.39 is 0 Å². The topological polar surface area (TPSA) is 86.2 Å². The lowest BCUT2D eigenvalue weighted by molar-refractivity contribution is -0.137. The molecule has 0 saturated carbocycles. The fourth-order valence-corrected chi connectivity index (χ4v) is 4.11. The molecule has 3 aromatic heterocycles. The van der Waals surface area contributed by atoms with Crippen molar-refractivity contribution in [3.63, 3.8) is 0 Å². The molecule has 1 aliphatic heterocycles. The van der Waals surface area contributed by atoms with Gasteiger partial charge in [-0.3, -0.25) is 14.3 Å². The van der Waals surface area contributed by atoms with Crippen LogP contribution in [0.1, 0.15) is 37.2 Å². The Bertz CT molecular complexity index is 1080. The Kier molecular flexibility index (Phi) is 5.57. The second-order valence-corrected chi connectivity index (χ2v) is 8.07. The SMILES string of the molecule is Cc1cc(C)n(C[C@H](C)C(=O)N2CCC[C@@H](n3nc(-c4ccco4)ccc3=O)C2)n1. The molecule has 1 saturated heterocycles. The van der Waals surface area contributed by atoms with E-state index in [4.69, 9.17) is 4.42 Å². The summed E-state index contributed by atoms with van der Waals surface area (Å²) in [5.74, 6) is 0.509. The molecule has 158 valence electrons. The van der Waals surface area contributed by atoms with Gasteiger partial charge in [-0.05, 0) is 51.0 Å². The molecule has 3 aromatic rings. The minimum absolute atomic E-state index is 0.0856. The summed E-state index contributed by atoms with van der Waals surface area (Å²) in [5.41, 5.74) is 2.45. The number of rotatable bonds is 5. The molecule has 2 atom stereocenters. The molecule has 30 heavy (non-hydrogen) atoms. The average Bonchev–Trinajstić information content (AvgIpc) is 3.38. The molecule has 0 spiro atoms. The van der Waals surface area contributed by atoms with Crippen LogP contribution < -0.4 is 5.56 Å². The number of aryl methyl sites for hydroxylation is 2. The van der Waals surface area contributed by atoms with E-state index >= 15 is 0 Å². The van der Waals surface area contributed by atoms with Gasteiger partial charge < -0.3 is 9.32 Å². The van der Waals surface area contributed by atoms with E-state index in [0.29, 0.717) is 31.1 Å². The highest BCUT2D eigenvalue weighted by Gasteiger charge is 2.29. The van der Waals surface area contributed by atoms with E-state index in [0.717, 1.165) is 24.2 Å². The number of piperidine rings is 1. The molecular formula is C22H27N5O3. The lowest BCUT2D eigenvalue weighted by Crippen LogP contribution is -2.45. The second kappa shape index (κ2) is 8.30. The second-order valence-electron chi connectivity index (χ2n) is 8.07. The lowest BCUT2D eigenvalue weighted by Gasteiger charge is -2.34. The first kappa shape index (κ1) is 20.1. The average molecular weight is 409 g/mol. The Morgan fingerprint density at radius 1 is 1.27 bits per heavy atom. The molecule has 0 aliphatic carbocycles. The largest absolute Gasteiger partial charge is 0.463 e. The van der Waals surface area contributed by atoms with Gasteiger partial charge in [0, 0.05) is 24.8 Å². The van der Waals surface area contributed by atoms with Crippen LogP contribution in [-0.4, -0.2) is 43.5 Å². The van der Waals surface area contributed by atoms with E-state index in [1.54, 1.807) is 18.4 Å². The van der Waals surface area contributed by atoms with Crippen LogP contribution in [0.25, 0.3) is 11.5 Å². The molecule has 0 radical (unpaired) electrons. The van der Waals surface area contributed by atoms with Gasteiger partial charge in [0.2, 0.25) is 5.91 Å². The Morgan fingerprint density at radius 3 is 2.80 bits per heavy atom. The van der Waals surface area contributed by atoms with Crippen LogP contribution in [0.4, 0.5) is 0 Å². The highest BCUT2D eigenvalue weighted by Crippen LogP contribution is 2.23. The maximum atomic E-state index is 13.1. The minimum Gasteiger partial charge on any atom is -0.463 e. The summed E-state index contributed by atoms with van der Waals surface area (Å²) >= 11 is 0. The van der Waals surface area contributed by atoms with Crippen molar-refractivity contribution in [2.24, 2.45) is 5.92 Å². The van der Waals surface area contributed by atoms with Crippen LogP contribution in [0, 0.1) is 19.8 Å². The number of carbonyl (C=O) groups is 1. The van der Waals surface area contributed by atoms with Crippen molar-refractivity contribution in [2.75, 3.05) is 13.1 Å². The molecule has 1 fully saturated rings. The summed E-state index contributed by atoms with van der Waals surface area (Å²) in [6, 6.07) is 8.65. The van der Waals surface area contributed by atoms with Crippen molar-refractivity contribution in [3.05, 3.63) is 58.3 Å². The van der Waals surface area contributed by atoms with Crippen molar-refractivity contribution in [1.29, 1.82) is 0 Å². The minimum atomic E-state index is -0.194. The van der Waals surface area contributed by atoms with Crippen LogP contribution >= 0.6 is 0 Å². The standard InChI is InChI=1S/C22H27N5O3/c1-15(13-26-17(3)12-16(2)23-26)22(29)25-10-4-6-18(14-25)27-21(28)9-8-19(24-27)20-7-5-11-30-20/h5,7-9,11-12,15,18H,4,6,10,13-14H2,1-3H3/t15-,18+/m0/s1. The predicted molar refractivity (Wildman–Crippen MR) is 112 cm³/mol. The summed E-state index contributed by atoms with van der Waals surface area (Å²) in [4.78, 5) is 27.4.